The van der Waals surface area contributed by atoms with Gasteiger partial charge in [-0.15, -0.1) is 12.4 Å². The zero-order valence-electron chi connectivity index (χ0n) is 10.6. The van der Waals surface area contributed by atoms with Crippen LogP contribution in [0.4, 0.5) is 4.39 Å². The molecule has 1 fully saturated rings. The van der Waals surface area contributed by atoms with E-state index in [9.17, 15) is 12.8 Å². The Balaban J connectivity index is 0.00000200. The number of nitrogens with one attached hydrogen (secondary N) is 1. The van der Waals surface area contributed by atoms with E-state index in [2.05, 4.69) is 5.32 Å². The van der Waals surface area contributed by atoms with Crippen LogP contribution >= 0.6 is 35.6 Å². The monoisotopic (exact) mass is 362 g/mol. The molecule has 0 aromatic heterocycles. The number of hydrogen-bond donors (Lipinski definition) is 1. The smallest absolute Gasteiger partial charge is 0.244 e. The van der Waals surface area contributed by atoms with E-state index < -0.39 is 20.9 Å². The lowest BCUT2D eigenvalue weighted by Gasteiger charge is -2.33. The molecule has 0 saturated carbocycles. The molecule has 0 unspecified atom stereocenters. The fraction of sp³-hybridized carbons (Fsp3) is 0.455. The molecule has 1 heterocycles. The van der Waals surface area contributed by atoms with E-state index in [-0.39, 0.29) is 28.4 Å². The van der Waals surface area contributed by atoms with E-state index >= 15 is 0 Å². The van der Waals surface area contributed by atoms with Crippen LogP contribution in [0.1, 0.15) is 6.92 Å². The van der Waals surface area contributed by atoms with Crippen molar-refractivity contribution in [2.24, 2.45) is 0 Å². The summed E-state index contributed by atoms with van der Waals surface area (Å²) >= 11 is 11.3. The van der Waals surface area contributed by atoms with Gasteiger partial charge in [-0.2, -0.15) is 4.31 Å². The molecule has 0 bridgehead atoms. The molecule has 20 heavy (non-hydrogen) atoms. The van der Waals surface area contributed by atoms with Crippen LogP contribution in [-0.4, -0.2) is 38.4 Å². The third-order valence-corrected chi connectivity index (χ3v) is 5.86. The van der Waals surface area contributed by atoms with Gasteiger partial charge >= 0.3 is 0 Å². The van der Waals surface area contributed by atoms with Crippen LogP contribution in [0.15, 0.2) is 17.0 Å². The van der Waals surface area contributed by atoms with Gasteiger partial charge in [0.2, 0.25) is 10.0 Å². The van der Waals surface area contributed by atoms with Crippen LogP contribution in [0, 0.1) is 5.82 Å². The fourth-order valence-electron chi connectivity index (χ4n) is 2.01. The molecular weight excluding hydrogens is 350 g/mol. The number of hydrogen-bond acceptors (Lipinski definition) is 3. The highest BCUT2D eigenvalue weighted by Crippen LogP contribution is 2.32. The zero-order chi connectivity index (χ0) is 14.2. The molecule has 2 rings (SSSR count). The van der Waals surface area contributed by atoms with Gasteiger partial charge in [0.1, 0.15) is 4.90 Å². The Morgan fingerprint density at radius 1 is 1.40 bits per heavy atom. The maximum atomic E-state index is 13.6. The molecule has 1 N–H and O–H groups in total. The van der Waals surface area contributed by atoms with Crippen molar-refractivity contribution in [2.45, 2.75) is 17.9 Å². The van der Waals surface area contributed by atoms with Crippen molar-refractivity contribution in [1.82, 2.24) is 9.62 Å². The van der Waals surface area contributed by atoms with Crippen molar-refractivity contribution >= 4 is 45.6 Å². The largest absolute Gasteiger partial charge is 0.314 e. The second-order valence-electron chi connectivity index (χ2n) is 4.34. The zero-order valence-corrected chi connectivity index (χ0v) is 13.7. The minimum absolute atomic E-state index is 0. The van der Waals surface area contributed by atoms with Gasteiger partial charge in [-0.3, -0.25) is 0 Å². The van der Waals surface area contributed by atoms with Crippen LogP contribution < -0.4 is 5.32 Å². The molecule has 1 aliphatic heterocycles. The summed E-state index contributed by atoms with van der Waals surface area (Å²) in [7, 11) is -3.82. The van der Waals surface area contributed by atoms with Gasteiger partial charge in [-0.25, -0.2) is 12.8 Å². The van der Waals surface area contributed by atoms with Gasteiger partial charge in [0.25, 0.3) is 0 Å². The summed E-state index contributed by atoms with van der Waals surface area (Å²) in [4.78, 5) is -0.246. The molecule has 1 aliphatic rings. The summed E-state index contributed by atoms with van der Waals surface area (Å²) in [5, 5.41) is 2.43. The lowest BCUT2D eigenvalue weighted by molar-refractivity contribution is 0.284. The van der Waals surface area contributed by atoms with E-state index in [1.807, 2.05) is 0 Å². The summed E-state index contributed by atoms with van der Waals surface area (Å²) in [6.45, 7) is 3.21. The second kappa shape index (κ2) is 6.77. The molecule has 0 amide bonds. The summed E-state index contributed by atoms with van der Waals surface area (Å²) < 4.78 is 39.9. The van der Waals surface area contributed by atoms with Gasteiger partial charge in [0.05, 0.1) is 10.0 Å². The average molecular weight is 364 g/mol. The van der Waals surface area contributed by atoms with E-state index in [0.717, 1.165) is 0 Å². The minimum Gasteiger partial charge on any atom is -0.314 e. The predicted molar refractivity (Wildman–Crippen MR) is 79.9 cm³/mol. The highest BCUT2D eigenvalue weighted by Gasteiger charge is 2.33. The highest BCUT2D eigenvalue weighted by atomic mass is 35.5. The topological polar surface area (TPSA) is 49.4 Å². The molecule has 0 aliphatic carbocycles. The number of piperazine rings is 1. The van der Waals surface area contributed by atoms with Gasteiger partial charge < -0.3 is 5.32 Å². The number of benzene rings is 1. The first kappa shape index (κ1) is 17.9. The molecule has 0 radical (unpaired) electrons. The Morgan fingerprint density at radius 3 is 2.65 bits per heavy atom. The van der Waals surface area contributed by atoms with E-state index in [1.54, 1.807) is 6.92 Å². The number of nitrogens with zero attached hydrogens (tertiary/aromatic N) is 1. The second-order valence-corrected chi connectivity index (χ2v) is 6.99. The molecule has 114 valence electrons. The first-order chi connectivity index (χ1) is 8.85. The number of sulfonamides is 1. The quantitative estimate of drug-likeness (QED) is 0.822. The lowest BCUT2D eigenvalue weighted by atomic mass is 10.3. The van der Waals surface area contributed by atoms with Gasteiger partial charge in [0.15, 0.2) is 5.82 Å². The molecule has 4 nitrogen and oxygen atoms in total. The maximum absolute atomic E-state index is 13.6. The van der Waals surface area contributed by atoms with Crippen molar-refractivity contribution in [3.63, 3.8) is 0 Å². The van der Waals surface area contributed by atoms with Crippen molar-refractivity contribution in [1.29, 1.82) is 0 Å². The SMILES string of the molecule is C[C@@H]1CNCCN1S(=O)(=O)c1ccc(Cl)c(F)c1Cl.Cl. The lowest BCUT2D eigenvalue weighted by Crippen LogP contribution is -2.52. The maximum Gasteiger partial charge on any atom is 0.244 e. The summed E-state index contributed by atoms with van der Waals surface area (Å²) in [6.07, 6.45) is 0. The highest BCUT2D eigenvalue weighted by molar-refractivity contribution is 7.89. The predicted octanol–water partition coefficient (Wildman–Crippen LogP) is 2.54. The molecular formula is C11H14Cl3FN2O2S. The molecule has 1 aromatic carbocycles. The Labute approximate surface area is 133 Å². The van der Waals surface area contributed by atoms with Gasteiger partial charge in [-0.1, -0.05) is 23.2 Å². The molecule has 1 aromatic rings. The first-order valence-corrected chi connectivity index (χ1v) is 7.91. The normalized spacial score (nSPS) is 20.5. The molecule has 1 atom stereocenters. The Morgan fingerprint density at radius 2 is 2.05 bits per heavy atom. The Kier molecular flexibility index (Phi) is 6.07. The van der Waals surface area contributed by atoms with Crippen LogP contribution in [0.25, 0.3) is 0 Å². The van der Waals surface area contributed by atoms with Gasteiger partial charge in [-0.05, 0) is 19.1 Å². The summed E-state index contributed by atoms with van der Waals surface area (Å²) in [5.41, 5.74) is 0. The average Bonchev–Trinajstić information content (AvgIpc) is 2.36. The van der Waals surface area contributed by atoms with Crippen LogP contribution in [0.5, 0.6) is 0 Å². The Bertz CT molecular complexity index is 598. The fourth-order valence-corrected chi connectivity index (χ4v) is 4.37. The van der Waals surface area contributed by atoms with Crippen LogP contribution in [0.2, 0.25) is 10.0 Å². The third-order valence-electron chi connectivity index (χ3n) is 3.03. The summed E-state index contributed by atoms with van der Waals surface area (Å²) in [6, 6.07) is 2.22. The van der Waals surface area contributed by atoms with Crippen molar-refractivity contribution in [3.05, 3.63) is 28.0 Å². The van der Waals surface area contributed by atoms with E-state index in [4.69, 9.17) is 23.2 Å². The molecule has 1 saturated heterocycles. The van der Waals surface area contributed by atoms with Crippen molar-refractivity contribution in [3.8, 4) is 0 Å². The third kappa shape index (κ3) is 3.21. The van der Waals surface area contributed by atoms with Crippen molar-refractivity contribution < 1.29 is 12.8 Å². The standard InChI is InChI=1S/C11H13Cl2FN2O2S.ClH/c1-7-6-15-4-5-16(7)19(17,18)9-3-2-8(12)11(14)10(9)13;/h2-3,7,15H,4-6H2,1H3;1H/t7-;/m1./s1. The molecule has 0 spiro atoms. The van der Waals surface area contributed by atoms with Crippen molar-refractivity contribution in [2.75, 3.05) is 19.6 Å². The first-order valence-electron chi connectivity index (χ1n) is 5.71. The Hall–Kier alpha value is -0.110. The van der Waals surface area contributed by atoms with Crippen LogP contribution in [0.3, 0.4) is 0 Å². The number of halogens is 4. The number of rotatable bonds is 2. The van der Waals surface area contributed by atoms with E-state index in [0.29, 0.717) is 19.6 Å². The van der Waals surface area contributed by atoms with Crippen LogP contribution in [-0.2, 0) is 10.0 Å². The van der Waals surface area contributed by atoms with Gasteiger partial charge in [0, 0.05) is 25.7 Å². The molecule has 9 heteroatoms. The summed E-state index contributed by atoms with van der Waals surface area (Å²) in [5.74, 6) is -0.910. The van der Waals surface area contributed by atoms with E-state index in [1.165, 1.54) is 16.4 Å². The minimum atomic E-state index is -3.82.